The summed E-state index contributed by atoms with van der Waals surface area (Å²) in [6, 6.07) is 3.66. The molecule has 1 N–H and O–H groups in total. The quantitative estimate of drug-likeness (QED) is 0.848. The van der Waals surface area contributed by atoms with Crippen molar-refractivity contribution >= 4 is 0 Å². The second-order valence-electron chi connectivity index (χ2n) is 5.50. The number of rotatable bonds is 4. The van der Waals surface area contributed by atoms with Crippen LogP contribution in [0.3, 0.4) is 0 Å². The molecule has 1 aromatic rings. The van der Waals surface area contributed by atoms with Gasteiger partial charge in [-0.3, -0.25) is 9.58 Å². The molecular weight excluding hydrogens is 212 g/mol. The van der Waals surface area contributed by atoms with Crippen molar-refractivity contribution in [1.82, 2.24) is 20.0 Å². The molecule has 0 aromatic carbocycles. The third-order valence-corrected chi connectivity index (χ3v) is 3.71. The van der Waals surface area contributed by atoms with E-state index in [1.165, 1.54) is 44.5 Å². The van der Waals surface area contributed by atoms with E-state index < -0.39 is 0 Å². The van der Waals surface area contributed by atoms with Gasteiger partial charge in [-0.2, -0.15) is 5.10 Å². The Morgan fingerprint density at radius 3 is 2.94 bits per heavy atom. The summed E-state index contributed by atoms with van der Waals surface area (Å²) >= 11 is 0. The van der Waals surface area contributed by atoms with E-state index in [0.717, 1.165) is 12.6 Å². The molecule has 0 spiro atoms. The van der Waals surface area contributed by atoms with Crippen LogP contribution >= 0.6 is 0 Å². The van der Waals surface area contributed by atoms with E-state index >= 15 is 0 Å². The molecule has 94 valence electrons. The van der Waals surface area contributed by atoms with Gasteiger partial charge in [0.25, 0.3) is 0 Å². The number of aromatic nitrogens is 2. The summed E-state index contributed by atoms with van der Waals surface area (Å²) in [6.45, 7) is 3.41. The predicted molar refractivity (Wildman–Crippen MR) is 67.7 cm³/mol. The molecule has 2 heterocycles. The van der Waals surface area contributed by atoms with E-state index in [4.69, 9.17) is 0 Å². The van der Waals surface area contributed by atoms with Crippen molar-refractivity contribution in [2.45, 2.75) is 44.3 Å². The van der Waals surface area contributed by atoms with Crippen LogP contribution in [0.5, 0.6) is 0 Å². The molecule has 1 atom stereocenters. The highest BCUT2D eigenvalue weighted by Gasteiger charge is 2.27. The minimum Gasteiger partial charge on any atom is -0.310 e. The van der Waals surface area contributed by atoms with E-state index in [0.29, 0.717) is 6.04 Å². The van der Waals surface area contributed by atoms with Gasteiger partial charge in [-0.15, -0.1) is 0 Å². The molecule has 1 aliphatic heterocycles. The van der Waals surface area contributed by atoms with Gasteiger partial charge in [-0.1, -0.05) is 0 Å². The standard InChI is InChI=1S/C13H22N4/c1-16-8-6-13(15-16)10-17-7-2-3-12(9-17)14-11-4-5-11/h6,8,11-12,14H,2-5,7,9-10H2,1H3. The Kier molecular flexibility index (Phi) is 3.16. The molecule has 4 nitrogen and oxygen atoms in total. The number of nitrogens with one attached hydrogen (secondary N) is 1. The lowest BCUT2D eigenvalue weighted by Crippen LogP contribution is -2.46. The van der Waals surface area contributed by atoms with Crippen LogP contribution in [0.2, 0.25) is 0 Å². The molecule has 4 heteroatoms. The van der Waals surface area contributed by atoms with Crippen LogP contribution in [0, 0.1) is 0 Å². The van der Waals surface area contributed by atoms with Gasteiger partial charge in [0.05, 0.1) is 5.69 Å². The second-order valence-corrected chi connectivity index (χ2v) is 5.50. The van der Waals surface area contributed by atoms with Crippen LogP contribution < -0.4 is 5.32 Å². The first-order valence-electron chi connectivity index (χ1n) is 6.76. The van der Waals surface area contributed by atoms with Gasteiger partial charge < -0.3 is 5.32 Å². The molecule has 2 fully saturated rings. The molecule has 1 unspecified atom stereocenters. The monoisotopic (exact) mass is 234 g/mol. The Bertz CT molecular complexity index is 369. The van der Waals surface area contributed by atoms with E-state index in [2.05, 4.69) is 21.4 Å². The van der Waals surface area contributed by atoms with Gasteiger partial charge in [-0.25, -0.2) is 0 Å². The number of likely N-dealkylation sites (tertiary alicyclic amines) is 1. The fraction of sp³-hybridized carbons (Fsp3) is 0.769. The van der Waals surface area contributed by atoms with E-state index in [1.807, 2.05) is 17.9 Å². The average Bonchev–Trinajstić information content (AvgIpc) is 3.02. The van der Waals surface area contributed by atoms with Crippen LogP contribution in [0.1, 0.15) is 31.4 Å². The van der Waals surface area contributed by atoms with Crippen molar-refractivity contribution in [2.75, 3.05) is 13.1 Å². The van der Waals surface area contributed by atoms with E-state index in [9.17, 15) is 0 Å². The van der Waals surface area contributed by atoms with E-state index in [1.54, 1.807) is 0 Å². The maximum absolute atomic E-state index is 4.46. The topological polar surface area (TPSA) is 33.1 Å². The van der Waals surface area contributed by atoms with Crippen LogP contribution in [-0.4, -0.2) is 39.9 Å². The van der Waals surface area contributed by atoms with Crippen LogP contribution in [0.15, 0.2) is 12.3 Å². The minimum atomic E-state index is 0.708. The summed E-state index contributed by atoms with van der Waals surface area (Å²) in [6.07, 6.45) is 7.46. The van der Waals surface area contributed by atoms with Gasteiger partial charge in [0.1, 0.15) is 0 Å². The average molecular weight is 234 g/mol. The van der Waals surface area contributed by atoms with Crippen molar-refractivity contribution < 1.29 is 0 Å². The highest BCUT2D eigenvalue weighted by Crippen LogP contribution is 2.22. The van der Waals surface area contributed by atoms with E-state index in [-0.39, 0.29) is 0 Å². The fourth-order valence-corrected chi connectivity index (χ4v) is 2.70. The van der Waals surface area contributed by atoms with Gasteiger partial charge in [0, 0.05) is 38.4 Å². The number of hydrogen-bond acceptors (Lipinski definition) is 3. The zero-order chi connectivity index (χ0) is 11.7. The molecule has 1 saturated carbocycles. The molecule has 0 bridgehead atoms. The Hall–Kier alpha value is -0.870. The van der Waals surface area contributed by atoms with Gasteiger partial charge in [0.15, 0.2) is 0 Å². The zero-order valence-corrected chi connectivity index (χ0v) is 10.6. The van der Waals surface area contributed by atoms with Gasteiger partial charge in [-0.05, 0) is 38.3 Å². The molecule has 3 rings (SSSR count). The number of aryl methyl sites for hydroxylation is 1. The third-order valence-electron chi connectivity index (χ3n) is 3.71. The first-order valence-corrected chi connectivity index (χ1v) is 6.76. The molecule has 0 amide bonds. The summed E-state index contributed by atoms with van der Waals surface area (Å²) in [4.78, 5) is 2.53. The molecule has 1 aliphatic carbocycles. The van der Waals surface area contributed by atoms with Crippen molar-refractivity contribution in [2.24, 2.45) is 7.05 Å². The van der Waals surface area contributed by atoms with Crippen LogP contribution in [0.4, 0.5) is 0 Å². The SMILES string of the molecule is Cn1ccc(CN2CCCC(NC3CC3)C2)n1. The molecule has 1 aromatic heterocycles. The predicted octanol–water partition coefficient (Wildman–Crippen LogP) is 1.14. The largest absolute Gasteiger partial charge is 0.310 e. The first-order chi connectivity index (χ1) is 8.29. The van der Waals surface area contributed by atoms with Gasteiger partial charge >= 0.3 is 0 Å². The highest BCUT2D eigenvalue weighted by molar-refractivity contribution is 4.99. The summed E-state index contributed by atoms with van der Waals surface area (Å²) < 4.78 is 1.89. The Labute approximate surface area is 103 Å². The second kappa shape index (κ2) is 4.78. The number of hydrogen-bond donors (Lipinski definition) is 1. The Morgan fingerprint density at radius 2 is 2.24 bits per heavy atom. The third kappa shape index (κ3) is 3.07. The van der Waals surface area contributed by atoms with Crippen molar-refractivity contribution in [3.05, 3.63) is 18.0 Å². The maximum atomic E-state index is 4.46. The maximum Gasteiger partial charge on any atom is 0.0764 e. The molecule has 1 saturated heterocycles. The molecule has 2 aliphatic rings. The molecular formula is C13H22N4. The fourth-order valence-electron chi connectivity index (χ4n) is 2.70. The summed E-state index contributed by atoms with van der Waals surface area (Å²) in [7, 11) is 1.98. The lowest BCUT2D eigenvalue weighted by Gasteiger charge is -2.32. The van der Waals surface area contributed by atoms with Crippen LogP contribution in [0.25, 0.3) is 0 Å². The zero-order valence-electron chi connectivity index (χ0n) is 10.6. The van der Waals surface area contributed by atoms with Gasteiger partial charge in [0.2, 0.25) is 0 Å². The summed E-state index contributed by atoms with van der Waals surface area (Å²) in [5, 5.41) is 8.20. The Morgan fingerprint density at radius 1 is 1.35 bits per heavy atom. The van der Waals surface area contributed by atoms with Crippen molar-refractivity contribution in [1.29, 1.82) is 0 Å². The smallest absolute Gasteiger partial charge is 0.0764 e. The molecule has 0 radical (unpaired) electrons. The molecule has 17 heavy (non-hydrogen) atoms. The number of piperidine rings is 1. The number of nitrogens with zero attached hydrogens (tertiary/aromatic N) is 3. The minimum absolute atomic E-state index is 0.708. The van der Waals surface area contributed by atoms with Crippen molar-refractivity contribution in [3.8, 4) is 0 Å². The van der Waals surface area contributed by atoms with Crippen molar-refractivity contribution in [3.63, 3.8) is 0 Å². The Balaban J connectivity index is 1.52. The lowest BCUT2D eigenvalue weighted by molar-refractivity contribution is 0.180. The normalized spacial score (nSPS) is 26.3. The highest BCUT2D eigenvalue weighted by atomic mass is 15.3. The van der Waals surface area contributed by atoms with Crippen LogP contribution in [-0.2, 0) is 13.6 Å². The lowest BCUT2D eigenvalue weighted by atomic mass is 10.1. The summed E-state index contributed by atoms with van der Waals surface area (Å²) in [5.41, 5.74) is 1.19. The summed E-state index contributed by atoms with van der Waals surface area (Å²) in [5.74, 6) is 0. The first kappa shape index (κ1) is 11.2.